The standard InChI is InChI=1S/C20H21N3O3S/c1-4-16-21-12(3)17-11(2)18(27-20(17)23-16)19(24)22-13-6-7-14-15(10-13)26-9-5-8-25-14/h6-7,10H,4-5,8-9H2,1-3H3,(H,22,24). The van der Waals surface area contributed by atoms with Gasteiger partial charge in [0.25, 0.3) is 5.91 Å². The van der Waals surface area contributed by atoms with Gasteiger partial charge >= 0.3 is 0 Å². The van der Waals surface area contributed by atoms with E-state index in [1.807, 2.05) is 32.9 Å². The van der Waals surface area contributed by atoms with Gasteiger partial charge in [0, 0.05) is 35.7 Å². The zero-order valence-electron chi connectivity index (χ0n) is 15.6. The molecule has 0 bridgehead atoms. The van der Waals surface area contributed by atoms with Crippen molar-refractivity contribution in [2.45, 2.75) is 33.6 Å². The average Bonchev–Trinajstić information content (AvgIpc) is 2.84. The van der Waals surface area contributed by atoms with E-state index in [1.54, 1.807) is 6.07 Å². The molecule has 1 aromatic carbocycles. The lowest BCUT2D eigenvalue weighted by molar-refractivity contribution is 0.103. The molecular weight excluding hydrogens is 362 g/mol. The molecule has 0 aliphatic carbocycles. The Morgan fingerprint density at radius 1 is 1.19 bits per heavy atom. The predicted octanol–water partition coefficient (Wildman–Crippen LogP) is 4.28. The Morgan fingerprint density at radius 3 is 2.74 bits per heavy atom. The number of ether oxygens (including phenoxy) is 2. The second kappa shape index (κ2) is 7.15. The molecule has 0 spiro atoms. The van der Waals surface area contributed by atoms with Crippen LogP contribution in [0.15, 0.2) is 18.2 Å². The molecule has 6 nitrogen and oxygen atoms in total. The molecule has 0 saturated heterocycles. The summed E-state index contributed by atoms with van der Waals surface area (Å²) >= 11 is 1.41. The van der Waals surface area contributed by atoms with Crippen molar-refractivity contribution in [2.24, 2.45) is 0 Å². The van der Waals surface area contributed by atoms with Crippen molar-refractivity contribution >= 4 is 33.1 Å². The summed E-state index contributed by atoms with van der Waals surface area (Å²) in [7, 11) is 0. The fourth-order valence-electron chi connectivity index (χ4n) is 3.20. The lowest BCUT2D eigenvalue weighted by Gasteiger charge is -2.10. The van der Waals surface area contributed by atoms with E-state index in [0.717, 1.165) is 40.1 Å². The van der Waals surface area contributed by atoms with E-state index in [2.05, 4.69) is 15.3 Å². The molecular formula is C20H21N3O3S. The maximum Gasteiger partial charge on any atom is 0.266 e. The van der Waals surface area contributed by atoms with Crippen LogP contribution in [-0.4, -0.2) is 29.1 Å². The second-order valence-electron chi connectivity index (χ2n) is 6.48. The van der Waals surface area contributed by atoms with Crippen LogP contribution in [0.2, 0.25) is 0 Å². The van der Waals surface area contributed by atoms with Crippen LogP contribution in [0.3, 0.4) is 0 Å². The lowest BCUT2D eigenvalue weighted by Crippen LogP contribution is -2.11. The van der Waals surface area contributed by atoms with E-state index < -0.39 is 0 Å². The summed E-state index contributed by atoms with van der Waals surface area (Å²) in [5.41, 5.74) is 2.51. The summed E-state index contributed by atoms with van der Waals surface area (Å²) in [6.07, 6.45) is 1.62. The number of rotatable bonds is 3. The molecule has 27 heavy (non-hydrogen) atoms. The van der Waals surface area contributed by atoms with Crippen molar-refractivity contribution in [1.29, 1.82) is 0 Å². The van der Waals surface area contributed by atoms with Crippen LogP contribution < -0.4 is 14.8 Å². The van der Waals surface area contributed by atoms with Gasteiger partial charge in [0.2, 0.25) is 0 Å². The first-order valence-electron chi connectivity index (χ1n) is 9.04. The first-order valence-corrected chi connectivity index (χ1v) is 9.86. The van der Waals surface area contributed by atoms with Gasteiger partial charge in [0.05, 0.1) is 18.1 Å². The maximum atomic E-state index is 12.9. The molecule has 0 atom stereocenters. The number of benzene rings is 1. The van der Waals surface area contributed by atoms with Gasteiger partial charge in [-0.25, -0.2) is 9.97 Å². The van der Waals surface area contributed by atoms with E-state index in [9.17, 15) is 4.79 Å². The molecule has 1 aliphatic heterocycles. The topological polar surface area (TPSA) is 73.3 Å². The van der Waals surface area contributed by atoms with Gasteiger partial charge in [0.1, 0.15) is 10.7 Å². The largest absolute Gasteiger partial charge is 0.490 e. The van der Waals surface area contributed by atoms with E-state index in [-0.39, 0.29) is 5.91 Å². The number of aryl methyl sites for hydroxylation is 3. The highest BCUT2D eigenvalue weighted by Crippen LogP contribution is 2.34. The summed E-state index contributed by atoms with van der Waals surface area (Å²) in [4.78, 5) is 23.5. The van der Waals surface area contributed by atoms with Gasteiger partial charge in [-0.2, -0.15) is 0 Å². The van der Waals surface area contributed by atoms with Crippen molar-refractivity contribution in [3.05, 3.63) is 40.2 Å². The number of fused-ring (bicyclic) bond motifs is 2. The van der Waals surface area contributed by atoms with Crippen molar-refractivity contribution in [1.82, 2.24) is 9.97 Å². The zero-order valence-corrected chi connectivity index (χ0v) is 16.4. The average molecular weight is 383 g/mol. The number of nitrogens with zero attached hydrogens (tertiary/aromatic N) is 2. The highest BCUT2D eigenvalue weighted by atomic mass is 32.1. The molecule has 1 amide bonds. The first-order chi connectivity index (χ1) is 13.1. The molecule has 0 radical (unpaired) electrons. The number of nitrogens with one attached hydrogen (secondary N) is 1. The minimum Gasteiger partial charge on any atom is -0.490 e. The normalized spacial score (nSPS) is 13.4. The van der Waals surface area contributed by atoms with Crippen LogP contribution >= 0.6 is 11.3 Å². The van der Waals surface area contributed by atoms with Crippen LogP contribution in [-0.2, 0) is 6.42 Å². The van der Waals surface area contributed by atoms with E-state index in [4.69, 9.17) is 9.47 Å². The van der Waals surface area contributed by atoms with Crippen molar-refractivity contribution in [3.8, 4) is 11.5 Å². The fourth-order valence-corrected chi connectivity index (χ4v) is 4.34. The maximum absolute atomic E-state index is 12.9. The van der Waals surface area contributed by atoms with Crippen LogP contribution in [0.5, 0.6) is 11.5 Å². The number of aromatic nitrogens is 2. The minimum atomic E-state index is -0.151. The number of hydrogen-bond acceptors (Lipinski definition) is 6. The molecule has 0 unspecified atom stereocenters. The Hall–Kier alpha value is -2.67. The highest BCUT2D eigenvalue weighted by molar-refractivity contribution is 7.20. The molecule has 3 aromatic rings. The van der Waals surface area contributed by atoms with Crippen molar-refractivity contribution < 1.29 is 14.3 Å². The van der Waals surface area contributed by atoms with Gasteiger partial charge in [-0.05, 0) is 31.5 Å². The summed E-state index contributed by atoms with van der Waals surface area (Å²) in [6.45, 7) is 7.19. The van der Waals surface area contributed by atoms with Crippen LogP contribution in [0, 0.1) is 13.8 Å². The summed E-state index contributed by atoms with van der Waals surface area (Å²) in [5, 5.41) is 3.94. The molecule has 3 heterocycles. The molecule has 7 heteroatoms. The molecule has 2 aromatic heterocycles. The fraction of sp³-hybridized carbons (Fsp3) is 0.350. The Labute approximate surface area is 161 Å². The van der Waals surface area contributed by atoms with E-state index >= 15 is 0 Å². The van der Waals surface area contributed by atoms with Crippen molar-refractivity contribution in [2.75, 3.05) is 18.5 Å². The zero-order chi connectivity index (χ0) is 19.0. The van der Waals surface area contributed by atoms with Gasteiger partial charge in [-0.3, -0.25) is 4.79 Å². The van der Waals surface area contributed by atoms with Crippen molar-refractivity contribution in [3.63, 3.8) is 0 Å². The molecule has 0 fully saturated rings. The van der Waals surface area contributed by atoms with Gasteiger partial charge < -0.3 is 14.8 Å². The smallest absolute Gasteiger partial charge is 0.266 e. The third-order valence-electron chi connectivity index (χ3n) is 4.55. The summed E-state index contributed by atoms with van der Waals surface area (Å²) in [5.74, 6) is 2.02. The van der Waals surface area contributed by atoms with Crippen LogP contribution in [0.25, 0.3) is 10.2 Å². The third kappa shape index (κ3) is 3.35. The summed E-state index contributed by atoms with van der Waals surface area (Å²) in [6, 6.07) is 5.47. The van der Waals surface area contributed by atoms with E-state index in [0.29, 0.717) is 35.3 Å². The van der Waals surface area contributed by atoms with Crippen LogP contribution in [0.4, 0.5) is 5.69 Å². The number of amides is 1. The quantitative estimate of drug-likeness (QED) is 0.731. The Bertz CT molecular complexity index is 1030. The molecule has 4 rings (SSSR count). The highest BCUT2D eigenvalue weighted by Gasteiger charge is 2.20. The summed E-state index contributed by atoms with van der Waals surface area (Å²) < 4.78 is 11.3. The predicted molar refractivity (Wildman–Crippen MR) is 106 cm³/mol. The second-order valence-corrected chi connectivity index (χ2v) is 7.48. The Kier molecular flexibility index (Phi) is 4.70. The van der Waals surface area contributed by atoms with Crippen LogP contribution in [0.1, 0.15) is 40.1 Å². The molecule has 0 saturated carbocycles. The Morgan fingerprint density at radius 2 is 1.96 bits per heavy atom. The number of anilines is 1. The number of carbonyl (C=O) groups is 1. The van der Waals surface area contributed by atoms with Gasteiger partial charge in [-0.1, -0.05) is 6.92 Å². The lowest BCUT2D eigenvalue weighted by atomic mass is 10.1. The molecule has 1 aliphatic rings. The number of hydrogen-bond donors (Lipinski definition) is 1. The SMILES string of the molecule is CCc1nc(C)c2c(C)c(C(=O)Nc3ccc4c(c3)OCCCO4)sc2n1. The first kappa shape index (κ1) is 17.7. The van der Waals surface area contributed by atoms with Gasteiger partial charge in [0.15, 0.2) is 11.5 Å². The third-order valence-corrected chi connectivity index (χ3v) is 5.73. The number of thiophene rings is 1. The molecule has 140 valence electrons. The van der Waals surface area contributed by atoms with Gasteiger partial charge in [-0.15, -0.1) is 11.3 Å². The minimum absolute atomic E-state index is 0.151. The van der Waals surface area contributed by atoms with E-state index in [1.165, 1.54) is 11.3 Å². The monoisotopic (exact) mass is 383 g/mol. The molecule has 1 N–H and O–H groups in total. The number of carbonyl (C=O) groups excluding carboxylic acids is 1. The Balaban J connectivity index is 1.64.